The van der Waals surface area contributed by atoms with Crippen LogP contribution in [0.5, 0.6) is 0 Å². The van der Waals surface area contributed by atoms with Gasteiger partial charge in [0.25, 0.3) is 0 Å². The van der Waals surface area contributed by atoms with E-state index < -0.39 is 129 Å². The zero-order chi connectivity index (χ0) is 74.7. The molecular weight excluding hydrogens is 1540 g/mol. The van der Waals surface area contributed by atoms with Crippen LogP contribution in [0.3, 0.4) is 0 Å². The van der Waals surface area contributed by atoms with Gasteiger partial charge in [0.05, 0.1) is 0 Å². The van der Waals surface area contributed by atoms with Crippen molar-refractivity contribution >= 4 is 129 Å². The highest BCUT2D eigenvalue weighted by Crippen LogP contribution is 2.31. The lowest BCUT2D eigenvalue weighted by Crippen LogP contribution is -2.18. The number of nitrogens with two attached hydrogens (primary N) is 4. The van der Waals surface area contributed by atoms with Crippen LogP contribution in [0.4, 0.5) is 9.59 Å². The zero-order valence-electron chi connectivity index (χ0n) is 37.1. The van der Waals surface area contributed by atoms with Gasteiger partial charge in [-0.3, -0.25) is 0 Å². The van der Waals surface area contributed by atoms with Crippen molar-refractivity contribution in [1.29, 1.82) is 0 Å². The molecule has 528 valence electrons. The third-order valence-electron chi connectivity index (χ3n) is 0. The maximum absolute atomic E-state index is 9.00. The summed E-state index contributed by atoms with van der Waals surface area (Å²) in [5.41, 5.74) is 17.0. The minimum absolute atomic E-state index is 0.833. The molecule has 81 heteroatoms. The number of carbonyl (C=O) groups is 2. The van der Waals surface area contributed by atoms with E-state index in [-0.39, 0.29) is 0 Å². The molecule has 0 heterocycles. The first-order valence-corrected chi connectivity index (χ1v) is 36.8. The van der Waals surface area contributed by atoms with Crippen molar-refractivity contribution in [3.05, 3.63) is 0 Å². The molecule has 83 heavy (non-hydrogen) atoms. The summed E-state index contributed by atoms with van der Waals surface area (Å²) >= 11 is 0. The van der Waals surface area contributed by atoms with Gasteiger partial charge in [-0.1, -0.05) is 0 Å². The molecule has 0 aliphatic rings. The molecule has 0 radical (unpaired) electrons. The fourth-order valence-electron chi connectivity index (χ4n) is 0. The van der Waals surface area contributed by atoms with Crippen LogP contribution < -0.4 is 22.9 Å². The second-order valence-electron chi connectivity index (χ2n) is 8.50. The molecule has 0 aromatic heterocycles. The van der Waals surface area contributed by atoms with Crippen molar-refractivity contribution in [2.45, 2.75) is 0 Å². The van der Waals surface area contributed by atoms with E-state index in [9.17, 15) is 0 Å². The Hall–Kier alpha value is 0.190. The van der Waals surface area contributed by atoms with Crippen LogP contribution in [-0.2, 0) is 68.5 Å². The number of hydrogen-bond donors (Lipinski definition) is 49. The van der Waals surface area contributed by atoms with Gasteiger partial charge in [0.1, 0.15) is 0 Å². The fraction of sp³-hybridized carbons (Fsp3) is 0. The maximum Gasteiger partial charge on any atom is 0.466 e. The van der Waals surface area contributed by atoms with E-state index in [1.54, 1.807) is 0 Å². The minimum Gasteiger partial charge on any atom is -0.352 e. The number of carbonyl (C=O) groups excluding carboxylic acids is 2. The average Bonchev–Trinajstić information content (AvgIpc) is 2.76. The SMILES string of the molecule is NC(N)=O.NC(N)=O.O=P(O)(O)O.O=P(O)(O)O.O=P(O)(O)O.O=P(O)(O)O.O=P(O)(O)O.O=P(O)(O)O.O=P(O)(O)O.O=P(O)(O)O.O=P(O)(O)O.O=P(O)(O)O.O=P(O)(O)O.O=P(O)(O)O.O=P(O)(O)O.O=P(O)(O)O.O=P(O)(O)O. The molecule has 0 atom stereocenters. The summed E-state index contributed by atoms with van der Waals surface area (Å²) in [5, 5.41) is 0. The molecule has 0 fully saturated rings. The van der Waals surface area contributed by atoms with Crippen molar-refractivity contribution < 1.29 is 298 Å². The van der Waals surface area contributed by atoms with Gasteiger partial charge in [0, 0.05) is 0 Å². The quantitative estimate of drug-likeness (QED) is 0.100. The molecule has 4 amide bonds. The van der Waals surface area contributed by atoms with Gasteiger partial charge >= 0.3 is 129 Å². The Bertz CT molecular complexity index is 1550. The smallest absolute Gasteiger partial charge is 0.352 e. The largest absolute Gasteiger partial charge is 0.466 e. The first-order valence-electron chi connectivity index (χ1n) is 13.3. The van der Waals surface area contributed by atoms with Gasteiger partial charge < -0.3 is 243 Å². The highest BCUT2D eigenvalue weighted by Gasteiger charge is 2.06. The first-order chi connectivity index (χ1) is 33.5. The summed E-state index contributed by atoms with van der Waals surface area (Å²) in [5.74, 6) is 0. The number of rotatable bonds is 0. The van der Waals surface area contributed by atoms with Crippen LogP contribution in [0.15, 0.2) is 0 Å². The second-order valence-corrected chi connectivity index (χ2v) is 23.9. The van der Waals surface area contributed by atoms with Gasteiger partial charge in [-0.25, -0.2) is 78.1 Å². The maximum atomic E-state index is 9.00. The van der Waals surface area contributed by atoms with Crippen LogP contribution >= 0.6 is 117 Å². The summed E-state index contributed by atoms with van der Waals surface area (Å²) in [6.07, 6.45) is 0. The minimum atomic E-state index is -4.64. The molecule has 0 unspecified atom stereocenters. The molecule has 0 aromatic carbocycles. The highest BCUT2D eigenvalue weighted by molar-refractivity contribution is 7.48. The Kier molecular flexibility index (Phi) is 90.5. The summed E-state index contributed by atoms with van der Waals surface area (Å²) in [6, 6.07) is -1.67. The third-order valence-corrected chi connectivity index (χ3v) is 0. The third kappa shape index (κ3) is 14600000. The van der Waals surface area contributed by atoms with Gasteiger partial charge in [-0.05, 0) is 0 Å². The van der Waals surface area contributed by atoms with Crippen molar-refractivity contribution in [3.8, 4) is 0 Å². The monoisotopic (exact) mass is 1590 g/mol. The number of amides is 4. The Morgan fingerprint density at radius 1 is 0.133 bits per heavy atom. The van der Waals surface area contributed by atoms with E-state index in [1.165, 1.54) is 0 Å². The second kappa shape index (κ2) is 58.6. The average molecular weight is 1590 g/mol. The Morgan fingerprint density at radius 3 is 0.133 bits per heavy atom. The van der Waals surface area contributed by atoms with Crippen molar-refractivity contribution in [2.24, 2.45) is 22.9 Å². The van der Waals surface area contributed by atoms with Crippen LogP contribution in [0, 0.1) is 0 Å². The molecule has 0 spiro atoms. The zero-order valence-corrected chi connectivity index (χ0v) is 50.5. The van der Waals surface area contributed by atoms with Crippen molar-refractivity contribution in [1.82, 2.24) is 0 Å². The summed E-state index contributed by atoms with van der Waals surface area (Å²) < 4.78 is 133. The summed E-state index contributed by atoms with van der Waals surface area (Å²) in [4.78, 5) is 341. The van der Waals surface area contributed by atoms with E-state index in [4.69, 9.17) is 298 Å². The number of primary amides is 4. The molecule has 0 bridgehead atoms. The van der Waals surface area contributed by atoms with E-state index >= 15 is 0 Å². The van der Waals surface area contributed by atoms with Crippen LogP contribution in [-0.4, -0.2) is 232 Å². The molecule has 53 N–H and O–H groups in total. The Morgan fingerprint density at radius 2 is 0.133 bits per heavy atom. The normalized spacial score (nSPS) is 11.2. The highest BCUT2D eigenvalue weighted by atomic mass is 31.2. The van der Waals surface area contributed by atoms with E-state index in [0.717, 1.165) is 0 Å². The lowest BCUT2D eigenvalue weighted by atomic mass is 11.2. The topological polar surface area (TPSA) is 1300 Å². The van der Waals surface area contributed by atoms with Gasteiger partial charge in [0.15, 0.2) is 0 Å². The molecular formula is C2H53N4O62P15. The fourth-order valence-corrected chi connectivity index (χ4v) is 0. The first kappa shape index (κ1) is 128. The standard InChI is InChI=1S/2CH4N2O.15H3O4P/c2*2-1(3)4;15*1-5(2,3)4/h2*(H4,2,3,4);15*(H3,1,2,3,4). The summed E-state index contributed by atoms with van der Waals surface area (Å²) in [7, 11) is -69.6. The Labute approximate surface area is 450 Å². The number of phosphoric acid groups is 15. The predicted octanol–water partition coefficient (Wildman–Crippen LogP) is -15.9. The van der Waals surface area contributed by atoms with Gasteiger partial charge in [0.2, 0.25) is 0 Å². The predicted molar refractivity (Wildman–Crippen MR) is 241 cm³/mol. The van der Waals surface area contributed by atoms with Crippen LogP contribution in [0.2, 0.25) is 0 Å². The molecule has 0 aliphatic heterocycles. The Balaban J connectivity index is -0.0000000372. The molecule has 0 aliphatic carbocycles. The molecule has 0 saturated carbocycles. The van der Waals surface area contributed by atoms with E-state index in [1.807, 2.05) is 0 Å². The van der Waals surface area contributed by atoms with E-state index in [2.05, 4.69) is 22.9 Å². The lowest BCUT2D eigenvalue weighted by molar-refractivity contribution is 0.255. The van der Waals surface area contributed by atoms with E-state index in [0.29, 0.717) is 0 Å². The molecule has 0 saturated heterocycles. The molecule has 66 nitrogen and oxygen atoms in total. The van der Waals surface area contributed by atoms with Crippen LogP contribution in [0.1, 0.15) is 0 Å². The van der Waals surface area contributed by atoms with Gasteiger partial charge in [-0.15, -0.1) is 0 Å². The molecule has 0 rings (SSSR count). The lowest BCUT2D eigenvalue weighted by Gasteiger charge is -1.82. The van der Waals surface area contributed by atoms with Crippen LogP contribution in [0.25, 0.3) is 0 Å². The van der Waals surface area contributed by atoms with Gasteiger partial charge in [-0.2, -0.15) is 0 Å². The van der Waals surface area contributed by atoms with Crippen molar-refractivity contribution in [3.63, 3.8) is 0 Å². The molecule has 0 aromatic rings. The number of urea groups is 2. The van der Waals surface area contributed by atoms with Crippen molar-refractivity contribution in [2.75, 3.05) is 0 Å². The summed E-state index contributed by atoms with van der Waals surface area (Å²) in [6.45, 7) is 0. The number of hydrogen-bond acceptors (Lipinski definition) is 17.